The lowest BCUT2D eigenvalue weighted by atomic mass is 9.88. The summed E-state index contributed by atoms with van der Waals surface area (Å²) in [5, 5.41) is 16.1. The summed E-state index contributed by atoms with van der Waals surface area (Å²) in [4.78, 5) is 26.3. The molecule has 2 aromatic heterocycles. The molecule has 3 aliphatic rings. The molecule has 15 heteroatoms. The van der Waals surface area contributed by atoms with Gasteiger partial charge in [0.25, 0.3) is 6.43 Å². The van der Waals surface area contributed by atoms with Crippen molar-refractivity contribution in [3.63, 3.8) is 0 Å². The summed E-state index contributed by atoms with van der Waals surface area (Å²) in [6, 6.07) is 10.4. The lowest BCUT2D eigenvalue weighted by molar-refractivity contribution is -0.0367. The van der Waals surface area contributed by atoms with E-state index in [2.05, 4.69) is 5.92 Å². The molecule has 3 aromatic carbocycles. The summed E-state index contributed by atoms with van der Waals surface area (Å²) in [5.41, 5.74) is 4.20. The quantitative estimate of drug-likeness (QED) is 0.122. The molecular formula is C46H51F3N6O6. The molecule has 1 saturated carbocycles. The second-order valence-corrected chi connectivity index (χ2v) is 17.2. The Labute approximate surface area is 352 Å². The molecule has 8 rings (SSSR count). The number of likely N-dealkylation sites (tertiary alicyclic amines) is 1. The second-order valence-electron chi connectivity index (χ2n) is 17.2. The van der Waals surface area contributed by atoms with Crippen molar-refractivity contribution in [2.24, 2.45) is 0 Å². The molecule has 0 spiro atoms. The molecule has 3 fully saturated rings. The van der Waals surface area contributed by atoms with Crippen molar-refractivity contribution in [2.75, 3.05) is 38.3 Å². The van der Waals surface area contributed by atoms with Crippen molar-refractivity contribution in [1.29, 1.82) is 0 Å². The number of terminal acetylenes is 1. The molecule has 2 saturated heterocycles. The monoisotopic (exact) mass is 840 g/mol. The summed E-state index contributed by atoms with van der Waals surface area (Å²) < 4.78 is 69.7. The third kappa shape index (κ3) is 8.79. The van der Waals surface area contributed by atoms with Gasteiger partial charge >= 0.3 is 12.1 Å². The highest BCUT2D eigenvalue weighted by atomic mass is 19.3. The van der Waals surface area contributed by atoms with Gasteiger partial charge in [-0.2, -0.15) is 15.1 Å². The molecule has 2 aliphatic heterocycles. The van der Waals surface area contributed by atoms with Crippen molar-refractivity contribution >= 4 is 33.7 Å². The predicted octanol–water partition coefficient (Wildman–Crippen LogP) is 8.68. The number of halogens is 3. The van der Waals surface area contributed by atoms with E-state index in [9.17, 15) is 18.7 Å². The van der Waals surface area contributed by atoms with Gasteiger partial charge in [0.05, 0.1) is 11.7 Å². The van der Waals surface area contributed by atoms with Crippen LogP contribution in [0.5, 0.6) is 11.8 Å². The van der Waals surface area contributed by atoms with Crippen LogP contribution in [0.2, 0.25) is 0 Å². The van der Waals surface area contributed by atoms with Gasteiger partial charge in [0.2, 0.25) is 0 Å². The number of fused-ring (bicyclic) bond motifs is 2. The number of rotatable bonds is 12. The Morgan fingerprint density at radius 1 is 1.07 bits per heavy atom. The summed E-state index contributed by atoms with van der Waals surface area (Å²) in [6.07, 6.45) is 6.44. The van der Waals surface area contributed by atoms with Gasteiger partial charge in [-0.15, -0.1) is 6.42 Å². The Morgan fingerprint density at radius 3 is 2.51 bits per heavy atom. The highest BCUT2D eigenvalue weighted by Crippen LogP contribution is 2.53. The van der Waals surface area contributed by atoms with Crippen molar-refractivity contribution < 1.29 is 42.0 Å². The number of ether oxygens (including phenoxy) is 4. The number of aromatic nitrogens is 4. The van der Waals surface area contributed by atoms with Gasteiger partial charge in [-0.3, -0.25) is 0 Å². The zero-order chi connectivity index (χ0) is 43.2. The zero-order valence-corrected chi connectivity index (χ0v) is 35.1. The molecule has 12 nitrogen and oxygen atoms in total. The van der Waals surface area contributed by atoms with E-state index in [1.54, 1.807) is 22.7 Å². The Morgan fingerprint density at radius 2 is 1.84 bits per heavy atom. The van der Waals surface area contributed by atoms with Gasteiger partial charge in [0.1, 0.15) is 42.1 Å². The van der Waals surface area contributed by atoms with Crippen molar-refractivity contribution in [1.82, 2.24) is 24.6 Å². The van der Waals surface area contributed by atoms with E-state index in [4.69, 9.17) is 40.4 Å². The number of anilines is 1. The summed E-state index contributed by atoms with van der Waals surface area (Å²) in [5.74, 6) is 3.02. The van der Waals surface area contributed by atoms with E-state index in [1.807, 2.05) is 63.1 Å². The van der Waals surface area contributed by atoms with E-state index in [0.717, 1.165) is 43.2 Å². The number of hydrogen-bond acceptors (Lipinski definition) is 10. The third-order valence-corrected chi connectivity index (χ3v) is 11.6. The summed E-state index contributed by atoms with van der Waals surface area (Å²) in [6.45, 7) is 7.82. The van der Waals surface area contributed by atoms with Crippen molar-refractivity contribution in [2.45, 2.75) is 109 Å². The van der Waals surface area contributed by atoms with E-state index in [0.29, 0.717) is 81.7 Å². The number of aliphatic hydroxyl groups is 1. The minimum absolute atomic E-state index is 0.0662. The predicted molar refractivity (Wildman–Crippen MR) is 225 cm³/mol. The molecule has 322 valence electrons. The lowest BCUT2D eigenvalue weighted by Gasteiger charge is -2.29. The van der Waals surface area contributed by atoms with Crippen molar-refractivity contribution in [3.8, 4) is 35.2 Å². The van der Waals surface area contributed by atoms with Gasteiger partial charge in [0, 0.05) is 66.3 Å². The van der Waals surface area contributed by atoms with Gasteiger partial charge in [-0.1, -0.05) is 18.1 Å². The van der Waals surface area contributed by atoms with Crippen LogP contribution in [0, 0.1) is 25.1 Å². The highest BCUT2D eigenvalue weighted by Gasteiger charge is 2.37. The molecule has 1 unspecified atom stereocenters. The number of amides is 1. The Hall–Kier alpha value is -5.59. The first-order valence-corrected chi connectivity index (χ1v) is 20.9. The number of carbonyl (C=O) groups excluding carboxylic acids is 1. The molecule has 5 aromatic rings. The molecule has 61 heavy (non-hydrogen) atoms. The van der Waals surface area contributed by atoms with Gasteiger partial charge in [-0.05, 0) is 107 Å². The highest BCUT2D eigenvalue weighted by molar-refractivity contribution is 6.06. The average Bonchev–Trinajstić information content (AvgIpc) is 3.81. The first-order valence-electron chi connectivity index (χ1n) is 20.9. The number of hydrogen-bond donors (Lipinski definition) is 1. The molecule has 1 amide bonds. The van der Waals surface area contributed by atoms with Crippen LogP contribution in [-0.2, 0) is 16.1 Å². The Bertz CT molecular complexity index is 2470. The van der Waals surface area contributed by atoms with E-state index in [-0.39, 0.29) is 30.8 Å². The lowest BCUT2D eigenvalue weighted by Crippen LogP contribution is -2.39. The fourth-order valence-electron chi connectivity index (χ4n) is 8.20. The molecule has 1 N–H and O–H groups in total. The number of alkyl halides is 2. The van der Waals surface area contributed by atoms with E-state index in [1.165, 1.54) is 6.07 Å². The smallest absolute Gasteiger partial charge is 0.410 e. The van der Waals surface area contributed by atoms with Crippen LogP contribution in [0.1, 0.15) is 93.7 Å². The number of likely N-dealkylation sites (N-methyl/N-ethyl adjacent to an activating group) is 1. The first-order chi connectivity index (χ1) is 29.2. The summed E-state index contributed by atoms with van der Waals surface area (Å²) >= 11 is 0. The fourth-order valence-corrected chi connectivity index (χ4v) is 8.20. The number of benzene rings is 3. The molecular weight excluding hydrogens is 790 g/mol. The maximum atomic E-state index is 16.5. The van der Waals surface area contributed by atoms with Gasteiger partial charge in [0.15, 0.2) is 12.0 Å². The SMILES string of the molecule is C#Cc1ccc(COc2c(-c3c(C)c(F)cc4c3cnn4C3CCCCO3)c(C3CC3)cc3c(N(C)[C@H]4CCN(C(=O)OC(C)(C)C)C4)nc(OC[C@@H](O)C(F)F)nc23)cc1. The molecule has 4 heterocycles. The third-order valence-electron chi connectivity index (χ3n) is 11.6. The standard InChI is InChI=1S/C46H51F3N6O6/c1-7-27-11-13-28(14-12-27)24-59-41-39(38-26(2)34(47)21-35-33(38)22-50-55(35)37-10-8-9-19-58-37)31(29-15-16-29)20-32-40(41)51-44(60-25-36(56)42(48)49)52-43(32)53(6)30-17-18-54(23-30)45(57)61-46(3,4)5/h1,11-14,20-22,29-30,36-37,42,56H,8-10,15-19,23-25H2,2-6H3/t30-,36+,37?/m0/s1. The van der Waals surface area contributed by atoms with Crippen LogP contribution in [0.25, 0.3) is 32.9 Å². The van der Waals surface area contributed by atoms with Crippen molar-refractivity contribution in [3.05, 3.63) is 70.7 Å². The van der Waals surface area contributed by atoms with Crippen LogP contribution in [0.3, 0.4) is 0 Å². The maximum absolute atomic E-state index is 16.5. The number of carbonyl (C=O) groups is 1. The van der Waals surface area contributed by atoms with E-state index >= 15 is 4.39 Å². The zero-order valence-electron chi connectivity index (χ0n) is 35.1. The molecule has 1 aliphatic carbocycles. The van der Waals surface area contributed by atoms with E-state index < -0.39 is 36.6 Å². The van der Waals surface area contributed by atoms with Crippen LogP contribution in [-0.4, -0.2) is 93.4 Å². The molecule has 3 atom stereocenters. The molecule has 0 radical (unpaired) electrons. The number of aliphatic hydroxyl groups excluding tert-OH is 1. The van der Waals surface area contributed by atoms with Crippen LogP contribution >= 0.6 is 0 Å². The van der Waals surface area contributed by atoms with Crippen LogP contribution < -0.4 is 14.4 Å². The minimum Gasteiger partial charge on any atom is -0.486 e. The van der Waals surface area contributed by atoms with Gasteiger partial charge in [-0.25, -0.2) is 22.6 Å². The average molecular weight is 841 g/mol. The molecule has 0 bridgehead atoms. The Kier molecular flexibility index (Phi) is 11.8. The Balaban J connectivity index is 1.34. The number of nitrogens with zero attached hydrogens (tertiary/aromatic N) is 6. The minimum atomic E-state index is -3.06. The van der Waals surface area contributed by atoms with Crippen LogP contribution in [0.15, 0.2) is 42.6 Å². The van der Waals surface area contributed by atoms with Gasteiger partial charge < -0.3 is 33.9 Å². The normalized spacial score (nSPS) is 18.7. The maximum Gasteiger partial charge on any atom is 0.410 e. The largest absolute Gasteiger partial charge is 0.486 e. The first kappa shape index (κ1) is 42.1. The second kappa shape index (κ2) is 17.1. The fraction of sp³-hybridized carbons (Fsp3) is 0.478. The summed E-state index contributed by atoms with van der Waals surface area (Å²) in [7, 11) is 1.85. The topological polar surface area (TPSA) is 124 Å². The van der Waals surface area contributed by atoms with Crippen LogP contribution in [0.4, 0.5) is 23.8 Å².